The predicted octanol–water partition coefficient (Wildman–Crippen LogP) is 3.06. The van der Waals surface area contributed by atoms with Gasteiger partial charge in [-0.25, -0.2) is 9.78 Å². The number of nitrogens with zero attached hydrogens (tertiary/aromatic N) is 1. The van der Waals surface area contributed by atoms with Crippen LogP contribution in [0.3, 0.4) is 0 Å². The number of thiazole rings is 1. The molecule has 100 valence electrons. The molecule has 0 N–H and O–H groups in total. The number of ether oxygens (including phenoxy) is 2. The van der Waals surface area contributed by atoms with Crippen LogP contribution in [0.2, 0.25) is 0 Å². The van der Waals surface area contributed by atoms with Crippen LogP contribution in [-0.4, -0.2) is 24.2 Å². The number of methoxy groups -OCH3 is 1. The fourth-order valence-corrected chi connectivity index (χ4v) is 2.38. The molecule has 4 nitrogen and oxygen atoms in total. The van der Waals surface area contributed by atoms with Gasteiger partial charge in [0, 0.05) is 16.6 Å². The molecule has 0 bridgehead atoms. The van der Waals surface area contributed by atoms with Gasteiger partial charge in [0.2, 0.25) is 0 Å². The predicted molar refractivity (Wildman–Crippen MR) is 74.4 cm³/mol. The van der Waals surface area contributed by atoms with Crippen molar-refractivity contribution >= 4 is 17.3 Å². The summed E-state index contributed by atoms with van der Waals surface area (Å²) in [6.45, 7) is 3.62. The van der Waals surface area contributed by atoms with E-state index in [1.54, 1.807) is 18.3 Å². The van der Waals surface area contributed by atoms with Gasteiger partial charge in [-0.05, 0) is 38.1 Å². The lowest BCUT2D eigenvalue weighted by atomic mass is 10.2. The van der Waals surface area contributed by atoms with Gasteiger partial charge in [0.15, 0.2) is 6.10 Å². The second-order valence-corrected chi connectivity index (χ2v) is 4.96. The Bertz CT molecular complexity index is 562. The quantitative estimate of drug-likeness (QED) is 0.806. The lowest BCUT2D eigenvalue weighted by Crippen LogP contribution is -2.24. The van der Waals surface area contributed by atoms with Crippen molar-refractivity contribution in [2.24, 2.45) is 0 Å². The second kappa shape index (κ2) is 5.84. The minimum atomic E-state index is -0.613. The van der Waals surface area contributed by atoms with E-state index >= 15 is 0 Å². The summed E-state index contributed by atoms with van der Waals surface area (Å²) in [5, 5.41) is 2.99. The molecular formula is C14H15NO3S. The summed E-state index contributed by atoms with van der Waals surface area (Å²) in [6, 6.07) is 7.51. The van der Waals surface area contributed by atoms with Crippen molar-refractivity contribution in [2.45, 2.75) is 20.0 Å². The van der Waals surface area contributed by atoms with Crippen LogP contribution in [0.5, 0.6) is 5.75 Å². The van der Waals surface area contributed by atoms with Gasteiger partial charge in [0.25, 0.3) is 0 Å². The maximum absolute atomic E-state index is 11.3. The van der Waals surface area contributed by atoms with Gasteiger partial charge in [-0.1, -0.05) is 0 Å². The summed E-state index contributed by atoms with van der Waals surface area (Å²) in [5.74, 6) is 0.245. The largest absolute Gasteiger partial charge is 0.479 e. The molecule has 19 heavy (non-hydrogen) atoms. The molecule has 2 rings (SSSR count). The first-order valence-electron chi connectivity index (χ1n) is 5.87. The Labute approximate surface area is 116 Å². The van der Waals surface area contributed by atoms with Crippen LogP contribution in [0.15, 0.2) is 29.6 Å². The Morgan fingerprint density at radius 1 is 1.32 bits per heavy atom. The summed E-state index contributed by atoms with van der Waals surface area (Å²) in [5.41, 5.74) is 2.05. The van der Waals surface area contributed by atoms with E-state index in [-0.39, 0.29) is 5.97 Å². The average molecular weight is 277 g/mol. The van der Waals surface area contributed by atoms with Gasteiger partial charge in [-0.15, -0.1) is 11.3 Å². The van der Waals surface area contributed by atoms with E-state index in [1.165, 1.54) is 7.11 Å². The third-order valence-electron chi connectivity index (χ3n) is 2.57. The zero-order valence-electron chi connectivity index (χ0n) is 11.0. The smallest absolute Gasteiger partial charge is 0.346 e. The van der Waals surface area contributed by atoms with E-state index in [1.807, 2.05) is 36.6 Å². The number of esters is 1. The van der Waals surface area contributed by atoms with Crippen LogP contribution in [0.1, 0.15) is 12.6 Å². The molecule has 1 aromatic heterocycles. The highest BCUT2D eigenvalue weighted by Crippen LogP contribution is 2.25. The molecule has 0 aliphatic rings. The highest BCUT2D eigenvalue weighted by atomic mass is 32.1. The van der Waals surface area contributed by atoms with Crippen molar-refractivity contribution in [1.82, 2.24) is 4.98 Å². The highest BCUT2D eigenvalue weighted by Gasteiger charge is 2.14. The fraction of sp³-hybridized carbons (Fsp3) is 0.286. The fourth-order valence-electron chi connectivity index (χ4n) is 1.58. The number of aryl methyl sites for hydroxylation is 1. The van der Waals surface area contributed by atoms with Crippen LogP contribution >= 0.6 is 11.3 Å². The maximum atomic E-state index is 11.3. The summed E-state index contributed by atoms with van der Waals surface area (Å²) >= 11 is 1.60. The van der Waals surface area contributed by atoms with E-state index in [0.717, 1.165) is 16.3 Å². The third-order valence-corrected chi connectivity index (χ3v) is 3.58. The van der Waals surface area contributed by atoms with Gasteiger partial charge in [-0.3, -0.25) is 0 Å². The molecule has 0 aliphatic carbocycles. The first kappa shape index (κ1) is 13.5. The van der Waals surface area contributed by atoms with Gasteiger partial charge >= 0.3 is 5.97 Å². The van der Waals surface area contributed by atoms with Crippen molar-refractivity contribution in [3.05, 3.63) is 35.3 Å². The van der Waals surface area contributed by atoms with Gasteiger partial charge in [0.1, 0.15) is 10.8 Å². The SMILES string of the molecule is COC(=O)[C@@H](C)Oc1ccc(-c2nc(C)cs2)cc1. The van der Waals surface area contributed by atoms with E-state index in [9.17, 15) is 4.79 Å². The minimum Gasteiger partial charge on any atom is -0.479 e. The van der Waals surface area contributed by atoms with Crippen LogP contribution in [0, 0.1) is 6.92 Å². The van der Waals surface area contributed by atoms with Crippen molar-refractivity contribution < 1.29 is 14.3 Å². The molecule has 0 amide bonds. The van der Waals surface area contributed by atoms with Crippen LogP contribution in [0.25, 0.3) is 10.6 Å². The van der Waals surface area contributed by atoms with E-state index in [0.29, 0.717) is 5.75 Å². The van der Waals surface area contributed by atoms with Crippen LogP contribution < -0.4 is 4.74 Å². The molecule has 1 aromatic carbocycles. The normalized spacial score (nSPS) is 11.9. The first-order valence-corrected chi connectivity index (χ1v) is 6.75. The molecule has 2 aromatic rings. The standard InChI is InChI=1S/C14H15NO3S/c1-9-8-19-13(15-9)11-4-6-12(7-5-11)18-10(2)14(16)17-3/h4-8,10H,1-3H3/t10-/m1/s1. The lowest BCUT2D eigenvalue weighted by molar-refractivity contribution is -0.147. The monoisotopic (exact) mass is 277 g/mol. The molecular weight excluding hydrogens is 262 g/mol. The van der Waals surface area contributed by atoms with Gasteiger partial charge in [-0.2, -0.15) is 0 Å². The zero-order valence-corrected chi connectivity index (χ0v) is 11.9. The Hall–Kier alpha value is -1.88. The van der Waals surface area contributed by atoms with Crippen molar-refractivity contribution in [1.29, 1.82) is 0 Å². The minimum absolute atomic E-state index is 0.389. The molecule has 0 saturated carbocycles. The molecule has 0 aliphatic heterocycles. The van der Waals surface area contributed by atoms with Gasteiger partial charge in [0.05, 0.1) is 7.11 Å². The average Bonchev–Trinajstić information content (AvgIpc) is 2.85. The van der Waals surface area contributed by atoms with Gasteiger partial charge < -0.3 is 9.47 Å². The number of carbonyl (C=O) groups is 1. The zero-order chi connectivity index (χ0) is 13.8. The maximum Gasteiger partial charge on any atom is 0.346 e. The molecule has 1 atom stereocenters. The van der Waals surface area contributed by atoms with Crippen LogP contribution in [-0.2, 0) is 9.53 Å². The first-order chi connectivity index (χ1) is 9.10. The highest BCUT2D eigenvalue weighted by molar-refractivity contribution is 7.13. The summed E-state index contributed by atoms with van der Waals surface area (Å²) in [7, 11) is 1.34. The second-order valence-electron chi connectivity index (χ2n) is 4.10. The summed E-state index contributed by atoms with van der Waals surface area (Å²) in [6.07, 6.45) is -0.613. The number of benzene rings is 1. The Morgan fingerprint density at radius 3 is 2.53 bits per heavy atom. The summed E-state index contributed by atoms with van der Waals surface area (Å²) in [4.78, 5) is 15.7. The number of aromatic nitrogens is 1. The molecule has 0 spiro atoms. The third kappa shape index (κ3) is 3.32. The Morgan fingerprint density at radius 2 is 2.00 bits per heavy atom. The molecule has 0 unspecified atom stereocenters. The molecule has 0 fully saturated rings. The Balaban J connectivity index is 2.08. The van der Waals surface area contributed by atoms with Crippen LogP contribution in [0.4, 0.5) is 0 Å². The summed E-state index contributed by atoms with van der Waals surface area (Å²) < 4.78 is 10.1. The van der Waals surface area contributed by atoms with Crippen molar-refractivity contribution in [3.8, 4) is 16.3 Å². The van der Waals surface area contributed by atoms with Crippen molar-refractivity contribution in [2.75, 3.05) is 7.11 Å². The molecule has 1 heterocycles. The number of hydrogen-bond donors (Lipinski definition) is 0. The topological polar surface area (TPSA) is 48.4 Å². The number of rotatable bonds is 4. The van der Waals surface area contributed by atoms with E-state index in [2.05, 4.69) is 9.72 Å². The van der Waals surface area contributed by atoms with Crippen molar-refractivity contribution in [3.63, 3.8) is 0 Å². The molecule has 5 heteroatoms. The molecule has 0 radical (unpaired) electrons. The number of hydrogen-bond acceptors (Lipinski definition) is 5. The Kier molecular flexibility index (Phi) is 4.16. The van der Waals surface area contributed by atoms with E-state index in [4.69, 9.17) is 4.74 Å². The number of carbonyl (C=O) groups excluding carboxylic acids is 1. The lowest BCUT2D eigenvalue weighted by Gasteiger charge is -2.12. The molecule has 0 saturated heterocycles. The van der Waals surface area contributed by atoms with E-state index < -0.39 is 6.10 Å².